The summed E-state index contributed by atoms with van der Waals surface area (Å²) in [5.41, 5.74) is 2.38. The second-order valence-corrected chi connectivity index (χ2v) is 9.63. The standard InChI is InChI=1S/C20H27ClO/c1-18-8-3-4-16(21)15(18)6-5-14-13(18)7-9-19(2)17(22)10-12-11-20(12,14)19/h3,8,12-14,17,22H,4-7,9-11H2,1-2H3/t12-,13+,14-,17-,18-,19-,20+/m1/s1. The SMILES string of the molecule is C[C@]12C=CCC(Cl)=C1CC[C@@H]1[C@@H]2CC[C@]2(C)[C@H](O)C[C@@H]3C[C@]312. The van der Waals surface area contributed by atoms with Crippen LogP contribution in [0.15, 0.2) is 22.8 Å². The van der Waals surface area contributed by atoms with Crippen molar-refractivity contribution in [3.05, 3.63) is 22.8 Å². The smallest absolute Gasteiger partial charge is 0.0602 e. The Morgan fingerprint density at radius 3 is 2.86 bits per heavy atom. The number of fused-ring (bicyclic) bond motifs is 3. The maximum Gasteiger partial charge on any atom is 0.0602 e. The zero-order chi connectivity index (χ0) is 15.3. The van der Waals surface area contributed by atoms with E-state index >= 15 is 0 Å². The molecule has 0 aliphatic heterocycles. The average molecular weight is 319 g/mol. The molecule has 0 bridgehead atoms. The molecule has 1 N–H and O–H groups in total. The van der Waals surface area contributed by atoms with Crippen LogP contribution in [-0.4, -0.2) is 11.2 Å². The van der Waals surface area contributed by atoms with Crippen LogP contribution < -0.4 is 0 Å². The molecule has 0 radical (unpaired) electrons. The Labute approximate surface area is 138 Å². The molecule has 0 aromatic rings. The summed E-state index contributed by atoms with van der Waals surface area (Å²) in [6.07, 6.45) is 13.1. The predicted octanol–water partition coefficient (Wildman–Crippen LogP) is 5.04. The van der Waals surface area contributed by atoms with E-state index in [1.54, 1.807) is 0 Å². The number of allylic oxidation sites excluding steroid dienone is 4. The number of halogens is 1. The van der Waals surface area contributed by atoms with Crippen molar-refractivity contribution in [2.24, 2.45) is 34.0 Å². The van der Waals surface area contributed by atoms with Gasteiger partial charge in [0.25, 0.3) is 0 Å². The van der Waals surface area contributed by atoms with E-state index < -0.39 is 0 Å². The Bertz CT molecular complexity index is 607. The summed E-state index contributed by atoms with van der Waals surface area (Å²) in [5.74, 6) is 2.34. The number of aliphatic hydroxyl groups excluding tert-OH is 1. The van der Waals surface area contributed by atoms with Gasteiger partial charge < -0.3 is 5.11 Å². The molecule has 7 atom stereocenters. The fraction of sp³-hybridized carbons (Fsp3) is 0.800. The van der Waals surface area contributed by atoms with E-state index in [0.717, 1.165) is 35.6 Å². The Balaban J connectivity index is 1.60. The van der Waals surface area contributed by atoms with Gasteiger partial charge in [-0.25, -0.2) is 0 Å². The third kappa shape index (κ3) is 1.35. The van der Waals surface area contributed by atoms with E-state index in [2.05, 4.69) is 26.0 Å². The minimum absolute atomic E-state index is 0.0533. The summed E-state index contributed by atoms with van der Waals surface area (Å²) in [6, 6.07) is 0. The molecule has 1 spiro atoms. The van der Waals surface area contributed by atoms with Gasteiger partial charge in [0.1, 0.15) is 0 Å². The van der Waals surface area contributed by atoms with Gasteiger partial charge in [0.15, 0.2) is 0 Å². The van der Waals surface area contributed by atoms with Gasteiger partial charge in [0, 0.05) is 16.9 Å². The minimum atomic E-state index is -0.0533. The van der Waals surface area contributed by atoms with Crippen LogP contribution >= 0.6 is 11.6 Å². The van der Waals surface area contributed by atoms with Crippen molar-refractivity contribution in [3.63, 3.8) is 0 Å². The third-order valence-electron chi connectivity index (χ3n) is 8.80. The molecule has 0 saturated heterocycles. The lowest BCUT2D eigenvalue weighted by atomic mass is 9.46. The molecule has 0 unspecified atom stereocenters. The van der Waals surface area contributed by atoms with Gasteiger partial charge in [-0.05, 0) is 72.7 Å². The maximum absolute atomic E-state index is 10.7. The topological polar surface area (TPSA) is 20.2 Å². The van der Waals surface area contributed by atoms with E-state index in [4.69, 9.17) is 11.6 Å². The van der Waals surface area contributed by atoms with Gasteiger partial charge >= 0.3 is 0 Å². The molecule has 0 amide bonds. The van der Waals surface area contributed by atoms with Crippen molar-refractivity contribution < 1.29 is 5.11 Å². The average Bonchev–Trinajstić information content (AvgIpc) is 3.13. The monoisotopic (exact) mass is 318 g/mol. The zero-order valence-corrected chi connectivity index (χ0v) is 14.5. The molecule has 120 valence electrons. The van der Waals surface area contributed by atoms with Crippen LogP contribution in [0.2, 0.25) is 0 Å². The number of hydrogen-bond donors (Lipinski definition) is 1. The summed E-state index contributed by atoms with van der Waals surface area (Å²) in [7, 11) is 0. The van der Waals surface area contributed by atoms with Gasteiger partial charge in [-0.3, -0.25) is 0 Å². The van der Waals surface area contributed by atoms with Crippen LogP contribution in [0.3, 0.4) is 0 Å². The minimum Gasteiger partial charge on any atom is -0.393 e. The quantitative estimate of drug-likeness (QED) is 0.620. The van der Waals surface area contributed by atoms with Crippen LogP contribution in [-0.2, 0) is 0 Å². The van der Waals surface area contributed by atoms with Crippen LogP contribution in [0.4, 0.5) is 0 Å². The van der Waals surface area contributed by atoms with Crippen LogP contribution in [0, 0.1) is 34.0 Å². The van der Waals surface area contributed by atoms with Crippen molar-refractivity contribution >= 4 is 11.6 Å². The summed E-state index contributed by atoms with van der Waals surface area (Å²) in [6.45, 7) is 4.84. The Morgan fingerprint density at radius 2 is 2.05 bits per heavy atom. The van der Waals surface area contributed by atoms with Crippen LogP contribution in [0.1, 0.15) is 58.8 Å². The molecule has 0 aromatic carbocycles. The highest BCUT2D eigenvalue weighted by atomic mass is 35.5. The van der Waals surface area contributed by atoms with Crippen LogP contribution in [0.5, 0.6) is 0 Å². The predicted molar refractivity (Wildman–Crippen MR) is 89.5 cm³/mol. The Kier molecular flexibility index (Phi) is 2.59. The second-order valence-electron chi connectivity index (χ2n) is 9.17. The molecule has 1 nitrogen and oxygen atoms in total. The van der Waals surface area contributed by atoms with Crippen molar-refractivity contribution in [2.75, 3.05) is 0 Å². The molecule has 5 rings (SSSR count). The first-order chi connectivity index (χ1) is 10.4. The molecule has 22 heavy (non-hydrogen) atoms. The molecule has 2 heteroatoms. The first-order valence-corrected chi connectivity index (χ1v) is 9.55. The lowest BCUT2D eigenvalue weighted by Crippen LogP contribution is -2.53. The molecular weight excluding hydrogens is 292 g/mol. The normalized spacial score (nSPS) is 58.7. The summed E-state index contributed by atoms with van der Waals surface area (Å²) in [5, 5.41) is 11.8. The lowest BCUT2D eigenvalue weighted by Gasteiger charge is -2.58. The molecule has 0 aromatic heterocycles. The van der Waals surface area contributed by atoms with Gasteiger partial charge in [-0.1, -0.05) is 37.6 Å². The van der Waals surface area contributed by atoms with E-state index in [9.17, 15) is 5.11 Å². The molecule has 0 heterocycles. The fourth-order valence-corrected chi connectivity index (χ4v) is 8.01. The molecule has 5 aliphatic carbocycles. The van der Waals surface area contributed by atoms with Crippen molar-refractivity contribution in [1.29, 1.82) is 0 Å². The van der Waals surface area contributed by atoms with Gasteiger partial charge in [0.2, 0.25) is 0 Å². The van der Waals surface area contributed by atoms with Crippen molar-refractivity contribution in [1.82, 2.24) is 0 Å². The number of hydrogen-bond acceptors (Lipinski definition) is 1. The van der Waals surface area contributed by atoms with Gasteiger partial charge in [-0.15, -0.1) is 0 Å². The Morgan fingerprint density at radius 1 is 1.23 bits per heavy atom. The molecular formula is C20H27ClO. The van der Waals surface area contributed by atoms with E-state index in [-0.39, 0.29) is 16.9 Å². The zero-order valence-electron chi connectivity index (χ0n) is 13.7. The first-order valence-electron chi connectivity index (χ1n) is 9.17. The Hall–Kier alpha value is -0.270. The lowest BCUT2D eigenvalue weighted by molar-refractivity contribution is -0.0916. The summed E-state index contributed by atoms with van der Waals surface area (Å²) >= 11 is 6.61. The number of aliphatic hydroxyl groups is 1. The highest BCUT2D eigenvalue weighted by Crippen LogP contribution is 2.82. The van der Waals surface area contributed by atoms with Gasteiger partial charge in [-0.2, -0.15) is 0 Å². The fourth-order valence-electron chi connectivity index (χ4n) is 7.63. The van der Waals surface area contributed by atoms with E-state index in [1.165, 1.54) is 37.7 Å². The van der Waals surface area contributed by atoms with Crippen molar-refractivity contribution in [3.8, 4) is 0 Å². The highest BCUT2D eigenvalue weighted by Gasteiger charge is 2.77. The maximum atomic E-state index is 10.7. The summed E-state index contributed by atoms with van der Waals surface area (Å²) in [4.78, 5) is 0. The highest BCUT2D eigenvalue weighted by molar-refractivity contribution is 6.30. The number of rotatable bonds is 0. The molecule has 4 saturated carbocycles. The van der Waals surface area contributed by atoms with Crippen molar-refractivity contribution in [2.45, 2.75) is 64.9 Å². The van der Waals surface area contributed by atoms with E-state index in [1.807, 2.05) is 0 Å². The summed E-state index contributed by atoms with van der Waals surface area (Å²) < 4.78 is 0. The largest absolute Gasteiger partial charge is 0.393 e. The second kappa shape index (κ2) is 4.03. The van der Waals surface area contributed by atoms with Crippen LogP contribution in [0.25, 0.3) is 0 Å². The third-order valence-corrected chi connectivity index (χ3v) is 9.18. The first kappa shape index (κ1) is 14.1. The van der Waals surface area contributed by atoms with E-state index in [0.29, 0.717) is 5.41 Å². The van der Waals surface area contributed by atoms with Gasteiger partial charge in [0.05, 0.1) is 6.10 Å². The molecule has 4 fully saturated rings. The molecule has 5 aliphatic rings.